The Hall–Kier alpha value is -3.07. The molecule has 360 valence electrons. The van der Waals surface area contributed by atoms with Crippen LogP contribution in [-0.4, -0.2) is 49.3 Å². The van der Waals surface area contributed by atoms with Crippen LogP contribution in [0, 0.1) is 0 Å². The number of carbonyl (C=O) groups is 2. The van der Waals surface area contributed by atoms with Crippen LogP contribution in [-0.2, 0) is 32.7 Å². The van der Waals surface area contributed by atoms with Gasteiger partial charge in [0, 0.05) is 19.4 Å². The lowest BCUT2D eigenvalue weighted by molar-refractivity contribution is -0.161. The predicted molar refractivity (Wildman–Crippen MR) is 265 cm³/mol. The summed E-state index contributed by atoms with van der Waals surface area (Å²) in [5.74, 6) is -0.862. The van der Waals surface area contributed by atoms with Crippen LogP contribution in [0.5, 0.6) is 0 Å². The molecule has 9 nitrogen and oxygen atoms in total. The Bertz CT molecular complexity index is 1350. The van der Waals surface area contributed by atoms with Crippen molar-refractivity contribution in [2.24, 2.45) is 5.73 Å². The fourth-order valence-corrected chi connectivity index (χ4v) is 7.12. The number of rotatable bonds is 45. The van der Waals surface area contributed by atoms with Gasteiger partial charge in [-0.2, -0.15) is 0 Å². The van der Waals surface area contributed by atoms with Crippen LogP contribution in [0.1, 0.15) is 194 Å². The summed E-state index contributed by atoms with van der Waals surface area (Å²) in [4.78, 5) is 35.0. The zero-order chi connectivity index (χ0) is 46.0. The third kappa shape index (κ3) is 48.2. The second-order valence-electron chi connectivity index (χ2n) is 16.0. The molecule has 3 N–H and O–H groups in total. The summed E-state index contributed by atoms with van der Waals surface area (Å²) in [6.07, 6.45) is 63.0. The molecule has 0 aliphatic carbocycles. The van der Waals surface area contributed by atoms with Crippen molar-refractivity contribution in [3.63, 3.8) is 0 Å². The number of hydrogen-bond donors (Lipinski definition) is 2. The van der Waals surface area contributed by atoms with Crippen molar-refractivity contribution in [2.45, 2.75) is 200 Å². The molecule has 2 atom stereocenters. The summed E-state index contributed by atoms with van der Waals surface area (Å²) >= 11 is 0. The first-order valence-electron chi connectivity index (χ1n) is 24.7. The molecule has 0 aromatic carbocycles. The Balaban J connectivity index is 4.14. The second-order valence-corrected chi connectivity index (χ2v) is 17.4. The van der Waals surface area contributed by atoms with E-state index < -0.39 is 32.5 Å². The molecule has 0 aliphatic rings. The second kappa shape index (κ2) is 48.4. The van der Waals surface area contributed by atoms with Crippen molar-refractivity contribution < 1.29 is 37.6 Å². The van der Waals surface area contributed by atoms with Gasteiger partial charge in [-0.3, -0.25) is 18.6 Å². The van der Waals surface area contributed by atoms with Gasteiger partial charge >= 0.3 is 19.8 Å². The monoisotopic (exact) mass is 900 g/mol. The van der Waals surface area contributed by atoms with Crippen LogP contribution < -0.4 is 5.73 Å². The van der Waals surface area contributed by atoms with Gasteiger partial charge in [-0.1, -0.05) is 201 Å². The summed E-state index contributed by atoms with van der Waals surface area (Å²) in [5, 5.41) is 0. The van der Waals surface area contributed by atoms with E-state index in [9.17, 15) is 19.0 Å². The third-order valence-corrected chi connectivity index (χ3v) is 11.0. The van der Waals surface area contributed by atoms with Crippen molar-refractivity contribution in [1.29, 1.82) is 0 Å². The molecular formula is C53H90NO8P. The minimum atomic E-state index is -4.39. The van der Waals surface area contributed by atoms with Crippen molar-refractivity contribution >= 4 is 19.8 Å². The number of ether oxygens (including phenoxy) is 2. The fourth-order valence-electron chi connectivity index (χ4n) is 6.36. The van der Waals surface area contributed by atoms with E-state index in [1.54, 1.807) is 0 Å². The van der Waals surface area contributed by atoms with E-state index in [0.717, 1.165) is 96.3 Å². The summed E-state index contributed by atoms with van der Waals surface area (Å²) in [6, 6.07) is 0. The molecule has 0 rings (SSSR count). The van der Waals surface area contributed by atoms with Crippen molar-refractivity contribution in [3.8, 4) is 0 Å². The molecule has 0 amide bonds. The number of esters is 2. The number of hydrogen-bond acceptors (Lipinski definition) is 8. The first-order valence-corrected chi connectivity index (χ1v) is 26.2. The zero-order valence-corrected chi connectivity index (χ0v) is 40.7. The minimum Gasteiger partial charge on any atom is -0.462 e. The number of nitrogens with two attached hydrogens (primary N) is 1. The maximum atomic E-state index is 12.6. The maximum Gasteiger partial charge on any atom is 0.472 e. The van der Waals surface area contributed by atoms with Gasteiger partial charge < -0.3 is 20.1 Å². The molecule has 0 bridgehead atoms. The molecule has 0 radical (unpaired) electrons. The lowest BCUT2D eigenvalue weighted by Crippen LogP contribution is -2.29. The van der Waals surface area contributed by atoms with Crippen LogP contribution in [0.2, 0.25) is 0 Å². The molecule has 63 heavy (non-hydrogen) atoms. The van der Waals surface area contributed by atoms with Crippen LogP contribution in [0.3, 0.4) is 0 Å². The molecular weight excluding hydrogens is 810 g/mol. The Morgan fingerprint density at radius 1 is 0.492 bits per heavy atom. The van der Waals surface area contributed by atoms with Gasteiger partial charge in [-0.15, -0.1) is 0 Å². The third-order valence-electron chi connectivity index (χ3n) is 9.98. The zero-order valence-electron chi connectivity index (χ0n) is 39.8. The Labute approximate surface area is 385 Å². The lowest BCUT2D eigenvalue weighted by atomic mass is 10.0. The van der Waals surface area contributed by atoms with E-state index in [2.05, 4.69) is 111 Å². The molecule has 0 saturated carbocycles. The predicted octanol–water partition coefficient (Wildman–Crippen LogP) is 14.9. The van der Waals surface area contributed by atoms with Crippen LogP contribution in [0.4, 0.5) is 0 Å². The molecule has 0 saturated heterocycles. The largest absolute Gasteiger partial charge is 0.472 e. The highest BCUT2D eigenvalue weighted by atomic mass is 31.2. The highest BCUT2D eigenvalue weighted by Gasteiger charge is 2.26. The summed E-state index contributed by atoms with van der Waals surface area (Å²) in [7, 11) is -4.39. The van der Waals surface area contributed by atoms with Crippen molar-refractivity contribution in [3.05, 3.63) is 97.2 Å². The molecule has 0 aromatic rings. The Morgan fingerprint density at radius 2 is 0.873 bits per heavy atom. The summed E-state index contributed by atoms with van der Waals surface area (Å²) in [6.45, 7) is 3.58. The summed E-state index contributed by atoms with van der Waals surface area (Å²) in [5.41, 5.74) is 5.36. The van der Waals surface area contributed by atoms with Crippen LogP contribution in [0.15, 0.2) is 97.2 Å². The fraction of sp³-hybridized carbons (Fsp3) is 0.660. The molecule has 0 aliphatic heterocycles. The first kappa shape index (κ1) is 59.9. The van der Waals surface area contributed by atoms with Gasteiger partial charge in [0.2, 0.25) is 0 Å². The quantitative estimate of drug-likeness (QED) is 0.0265. The number of carbonyl (C=O) groups excluding carboxylic acids is 2. The van der Waals surface area contributed by atoms with Gasteiger partial charge in [0.1, 0.15) is 6.61 Å². The summed E-state index contributed by atoms with van der Waals surface area (Å²) < 4.78 is 32.8. The standard InChI is InChI=1S/C53H90NO8P/c1-3-5-7-9-11-13-15-17-18-19-20-21-22-23-24-25-26-27-28-29-30-31-32-34-36-38-40-42-44-46-53(56)62-51(50-61-63(57,58)60-48-47-54)49-59-52(55)45-43-41-39-37-35-33-16-14-12-10-8-6-4-2/h5,7,11,13,17-18,20-21,23-24,26-27,29-30,32,34,51H,3-4,6,8-10,12,14-16,19,22,25,28,31,33,35-50,54H2,1-2H3,(H,57,58)/b7-5-,13-11-,18-17-,21-20-,24-23-,27-26-,30-29-,34-32-. The average Bonchev–Trinajstić information content (AvgIpc) is 3.27. The highest BCUT2D eigenvalue weighted by molar-refractivity contribution is 7.47. The van der Waals surface area contributed by atoms with Gasteiger partial charge in [-0.25, -0.2) is 4.57 Å². The maximum absolute atomic E-state index is 12.6. The first-order chi connectivity index (χ1) is 30.8. The average molecular weight is 900 g/mol. The van der Waals surface area contributed by atoms with Gasteiger partial charge in [0.25, 0.3) is 0 Å². The van der Waals surface area contributed by atoms with E-state index in [1.807, 2.05) is 0 Å². The van der Waals surface area contributed by atoms with E-state index in [0.29, 0.717) is 6.42 Å². The minimum absolute atomic E-state index is 0.0447. The number of phosphoric acid groups is 1. The SMILES string of the molecule is CC/C=C\C/C=C\C/C=C\C/C=C\C/C=C\C/C=C\C/C=C\C/C=C\CCCCCCC(=O)OC(COC(=O)CCCCCCCCCCCCCCC)COP(=O)(O)OCCN. The molecule has 0 aromatic heterocycles. The van der Waals surface area contributed by atoms with Gasteiger partial charge in [-0.05, 0) is 77.0 Å². The van der Waals surface area contributed by atoms with E-state index in [1.165, 1.54) is 64.2 Å². The molecule has 0 fully saturated rings. The number of phosphoric ester groups is 1. The van der Waals surface area contributed by atoms with Crippen molar-refractivity contribution in [2.75, 3.05) is 26.4 Å². The highest BCUT2D eigenvalue weighted by Crippen LogP contribution is 2.43. The molecule has 10 heteroatoms. The van der Waals surface area contributed by atoms with Crippen molar-refractivity contribution in [1.82, 2.24) is 0 Å². The van der Waals surface area contributed by atoms with Crippen LogP contribution >= 0.6 is 7.82 Å². The molecule has 2 unspecified atom stereocenters. The smallest absolute Gasteiger partial charge is 0.462 e. The number of allylic oxidation sites excluding steroid dienone is 16. The van der Waals surface area contributed by atoms with Gasteiger partial charge in [0.05, 0.1) is 13.2 Å². The molecule has 0 spiro atoms. The van der Waals surface area contributed by atoms with Crippen LogP contribution in [0.25, 0.3) is 0 Å². The Kier molecular flexibility index (Phi) is 46.0. The molecule has 0 heterocycles. The van der Waals surface area contributed by atoms with E-state index in [-0.39, 0.29) is 32.6 Å². The van der Waals surface area contributed by atoms with E-state index in [4.69, 9.17) is 24.3 Å². The van der Waals surface area contributed by atoms with E-state index >= 15 is 0 Å². The van der Waals surface area contributed by atoms with Gasteiger partial charge in [0.15, 0.2) is 6.10 Å². The normalized spacial score (nSPS) is 14.0. The topological polar surface area (TPSA) is 134 Å². The number of unbranched alkanes of at least 4 members (excludes halogenated alkanes) is 16. The Morgan fingerprint density at radius 3 is 1.30 bits per heavy atom. The lowest BCUT2D eigenvalue weighted by Gasteiger charge is -2.19.